The van der Waals surface area contributed by atoms with Gasteiger partial charge in [-0.2, -0.15) is 0 Å². The van der Waals surface area contributed by atoms with E-state index >= 15 is 0 Å². The largest absolute Gasteiger partial charge is 0.353 e. The maximum Gasteiger partial charge on any atom is 0.223 e. The molecular weight excluding hydrogens is 224 g/mol. The van der Waals surface area contributed by atoms with Crippen LogP contribution in [0.4, 0.5) is 0 Å². The average Bonchev–Trinajstić information content (AvgIpc) is 2.27. The van der Waals surface area contributed by atoms with Crippen molar-refractivity contribution in [1.29, 1.82) is 0 Å². The van der Waals surface area contributed by atoms with E-state index in [9.17, 15) is 4.79 Å². The highest BCUT2D eigenvalue weighted by Gasteiger charge is 2.29. The highest BCUT2D eigenvalue weighted by atomic mass is 16.1. The number of hydrogen-bond donors (Lipinski definition) is 2. The van der Waals surface area contributed by atoms with Crippen molar-refractivity contribution < 1.29 is 4.79 Å². The van der Waals surface area contributed by atoms with Gasteiger partial charge in [0, 0.05) is 18.0 Å². The summed E-state index contributed by atoms with van der Waals surface area (Å²) in [6.07, 6.45) is 5.15. The molecule has 1 aliphatic carbocycles. The topological polar surface area (TPSA) is 55.1 Å². The molecule has 0 heterocycles. The molecule has 0 bridgehead atoms. The molecule has 106 valence electrons. The first-order chi connectivity index (χ1) is 8.42. The van der Waals surface area contributed by atoms with Crippen LogP contribution >= 0.6 is 0 Å². The minimum atomic E-state index is 0.128. The van der Waals surface area contributed by atoms with Gasteiger partial charge in [-0.15, -0.1) is 0 Å². The molecule has 3 nitrogen and oxygen atoms in total. The van der Waals surface area contributed by atoms with Gasteiger partial charge in [-0.25, -0.2) is 0 Å². The molecular formula is C15H30N2O. The van der Waals surface area contributed by atoms with E-state index in [0.717, 1.165) is 25.7 Å². The second kappa shape index (κ2) is 7.13. The second-order valence-electron chi connectivity index (χ2n) is 6.43. The first-order valence-electron chi connectivity index (χ1n) is 7.48. The van der Waals surface area contributed by atoms with Crippen LogP contribution < -0.4 is 11.1 Å². The van der Waals surface area contributed by atoms with Crippen LogP contribution in [-0.2, 0) is 4.79 Å². The van der Waals surface area contributed by atoms with Crippen LogP contribution in [0.1, 0.15) is 59.8 Å². The van der Waals surface area contributed by atoms with E-state index in [1.165, 1.54) is 6.42 Å². The fourth-order valence-corrected chi connectivity index (χ4v) is 3.06. The van der Waals surface area contributed by atoms with Crippen LogP contribution in [-0.4, -0.2) is 18.0 Å². The van der Waals surface area contributed by atoms with Crippen LogP contribution in [0.2, 0.25) is 0 Å². The van der Waals surface area contributed by atoms with Crippen molar-refractivity contribution >= 4 is 5.91 Å². The van der Waals surface area contributed by atoms with Crippen LogP contribution in [0.25, 0.3) is 0 Å². The Labute approximate surface area is 112 Å². The predicted octanol–water partition coefficient (Wildman–Crippen LogP) is 2.69. The summed E-state index contributed by atoms with van der Waals surface area (Å²) in [7, 11) is 0. The molecule has 0 aromatic rings. The Morgan fingerprint density at radius 1 is 1.33 bits per heavy atom. The summed E-state index contributed by atoms with van der Waals surface area (Å²) in [6.45, 7) is 8.74. The lowest BCUT2D eigenvalue weighted by molar-refractivity contribution is -0.127. The van der Waals surface area contributed by atoms with Gasteiger partial charge in [-0.1, -0.05) is 27.2 Å². The van der Waals surface area contributed by atoms with Gasteiger partial charge in [-0.05, 0) is 44.4 Å². The number of nitrogens with one attached hydrogen (secondary N) is 1. The molecule has 0 radical (unpaired) electrons. The van der Waals surface area contributed by atoms with Gasteiger partial charge in [0.05, 0.1) is 0 Å². The predicted molar refractivity (Wildman–Crippen MR) is 76.2 cm³/mol. The number of amides is 1. The third kappa shape index (κ3) is 4.97. The first-order valence-corrected chi connectivity index (χ1v) is 7.48. The Balaban J connectivity index is 2.39. The summed E-state index contributed by atoms with van der Waals surface area (Å²) >= 11 is 0. The molecule has 3 N–H and O–H groups in total. The normalized spacial score (nSPS) is 31.7. The number of carbonyl (C=O) groups is 1. The van der Waals surface area contributed by atoms with Crippen molar-refractivity contribution in [2.24, 2.45) is 23.5 Å². The summed E-state index contributed by atoms with van der Waals surface area (Å²) in [5.41, 5.74) is 6.01. The monoisotopic (exact) mass is 254 g/mol. The highest BCUT2D eigenvalue weighted by molar-refractivity contribution is 5.79. The Morgan fingerprint density at radius 3 is 2.56 bits per heavy atom. The minimum Gasteiger partial charge on any atom is -0.353 e. The van der Waals surface area contributed by atoms with E-state index in [2.05, 4.69) is 33.0 Å². The molecule has 3 heteroatoms. The third-order valence-electron chi connectivity index (χ3n) is 4.19. The summed E-state index contributed by atoms with van der Waals surface area (Å²) in [5, 5.41) is 3.16. The highest BCUT2D eigenvalue weighted by Crippen LogP contribution is 2.28. The quantitative estimate of drug-likeness (QED) is 0.792. The van der Waals surface area contributed by atoms with Gasteiger partial charge < -0.3 is 11.1 Å². The zero-order chi connectivity index (χ0) is 13.7. The molecule has 1 aliphatic rings. The molecule has 0 aromatic heterocycles. The van der Waals surface area contributed by atoms with Crippen molar-refractivity contribution in [3.63, 3.8) is 0 Å². The molecule has 0 spiro atoms. The number of hydrogen-bond acceptors (Lipinski definition) is 2. The lowest BCUT2D eigenvalue weighted by atomic mass is 9.79. The fraction of sp³-hybridized carbons (Fsp3) is 0.933. The van der Waals surface area contributed by atoms with Crippen LogP contribution in [0.3, 0.4) is 0 Å². The van der Waals surface area contributed by atoms with Crippen LogP contribution in [0.5, 0.6) is 0 Å². The van der Waals surface area contributed by atoms with Crippen molar-refractivity contribution in [3.05, 3.63) is 0 Å². The molecule has 0 aliphatic heterocycles. The molecule has 5 atom stereocenters. The number of nitrogens with two attached hydrogens (primary N) is 1. The van der Waals surface area contributed by atoms with Gasteiger partial charge in [0.2, 0.25) is 5.91 Å². The van der Waals surface area contributed by atoms with Gasteiger partial charge in [0.25, 0.3) is 0 Å². The molecule has 1 amide bonds. The van der Waals surface area contributed by atoms with E-state index in [1.54, 1.807) is 0 Å². The van der Waals surface area contributed by atoms with E-state index in [0.29, 0.717) is 11.8 Å². The van der Waals surface area contributed by atoms with E-state index < -0.39 is 0 Å². The number of rotatable bonds is 5. The summed E-state index contributed by atoms with van der Waals surface area (Å²) < 4.78 is 0. The van der Waals surface area contributed by atoms with Crippen molar-refractivity contribution in [2.45, 2.75) is 71.9 Å². The van der Waals surface area contributed by atoms with E-state index in [1.807, 2.05) is 0 Å². The lowest BCUT2D eigenvalue weighted by Gasteiger charge is -2.31. The Morgan fingerprint density at radius 2 is 2.00 bits per heavy atom. The summed E-state index contributed by atoms with van der Waals surface area (Å²) in [5.74, 6) is 1.60. The maximum atomic E-state index is 12.2. The molecule has 18 heavy (non-hydrogen) atoms. The molecule has 1 rings (SSSR count). The van der Waals surface area contributed by atoms with Crippen LogP contribution in [0, 0.1) is 17.8 Å². The minimum absolute atomic E-state index is 0.128. The SMILES string of the molecule is CCC(C)CC(C)NC(=O)C1CC(C)CC(N)C1. The zero-order valence-corrected chi connectivity index (χ0v) is 12.4. The van der Waals surface area contributed by atoms with Crippen LogP contribution in [0.15, 0.2) is 0 Å². The maximum absolute atomic E-state index is 12.2. The van der Waals surface area contributed by atoms with Gasteiger partial charge >= 0.3 is 0 Å². The smallest absolute Gasteiger partial charge is 0.223 e. The molecule has 5 unspecified atom stereocenters. The third-order valence-corrected chi connectivity index (χ3v) is 4.19. The standard InChI is InChI=1S/C15H30N2O/c1-5-10(2)6-12(4)17-15(18)13-7-11(3)8-14(16)9-13/h10-14H,5-9,16H2,1-4H3,(H,17,18). The number of carbonyl (C=O) groups excluding carboxylic acids is 1. The van der Waals surface area contributed by atoms with Gasteiger partial charge in [0.1, 0.15) is 0 Å². The molecule has 1 saturated carbocycles. The Hall–Kier alpha value is -0.570. The second-order valence-corrected chi connectivity index (χ2v) is 6.43. The van der Waals surface area contributed by atoms with E-state index in [-0.39, 0.29) is 23.9 Å². The summed E-state index contributed by atoms with van der Waals surface area (Å²) in [6, 6.07) is 0.482. The lowest BCUT2D eigenvalue weighted by Crippen LogP contribution is -2.43. The van der Waals surface area contributed by atoms with Gasteiger partial charge in [0.15, 0.2) is 0 Å². The van der Waals surface area contributed by atoms with Crippen molar-refractivity contribution in [3.8, 4) is 0 Å². The fourth-order valence-electron chi connectivity index (χ4n) is 3.06. The molecule has 0 aromatic carbocycles. The first kappa shape index (κ1) is 15.5. The molecule has 1 fully saturated rings. The zero-order valence-electron chi connectivity index (χ0n) is 12.4. The van der Waals surface area contributed by atoms with E-state index in [4.69, 9.17) is 5.73 Å². The Bertz CT molecular complexity index is 257. The van der Waals surface area contributed by atoms with Crippen molar-refractivity contribution in [1.82, 2.24) is 5.32 Å². The molecule has 0 saturated heterocycles. The average molecular weight is 254 g/mol. The summed E-state index contributed by atoms with van der Waals surface area (Å²) in [4.78, 5) is 12.2. The van der Waals surface area contributed by atoms with Crippen molar-refractivity contribution in [2.75, 3.05) is 0 Å². The van der Waals surface area contributed by atoms with Gasteiger partial charge in [-0.3, -0.25) is 4.79 Å². The Kier molecular flexibility index (Phi) is 6.13.